The quantitative estimate of drug-likeness (QED) is 0.599. The molecule has 1 N–H and O–H groups in total. The molecule has 0 heterocycles. The molecule has 0 aromatic heterocycles. The summed E-state index contributed by atoms with van der Waals surface area (Å²) >= 11 is 0. The van der Waals surface area contributed by atoms with E-state index in [0.29, 0.717) is 17.1 Å². The van der Waals surface area contributed by atoms with Crippen LogP contribution in [-0.2, 0) is 6.61 Å². The van der Waals surface area contributed by atoms with Crippen molar-refractivity contribution >= 4 is 17.9 Å². The zero-order valence-corrected chi connectivity index (χ0v) is 15.7. The van der Waals surface area contributed by atoms with Gasteiger partial charge in [0.1, 0.15) is 6.61 Å². The fourth-order valence-electron chi connectivity index (χ4n) is 2.56. The third-order valence-corrected chi connectivity index (χ3v) is 4.14. The van der Waals surface area contributed by atoms with Crippen molar-refractivity contribution in [1.29, 1.82) is 5.26 Å². The highest BCUT2D eigenvalue weighted by Gasteiger charge is 2.07. The number of rotatable bonds is 7. The summed E-state index contributed by atoms with van der Waals surface area (Å²) in [5.41, 5.74) is 3.25. The van der Waals surface area contributed by atoms with Gasteiger partial charge in [-0.15, -0.1) is 0 Å². The summed E-state index contributed by atoms with van der Waals surface area (Å²) in [7, 11) is 1.56. The highest BCUT2D eigenvalue weighted by Crippen LogP contribution is 2.28. The highest BCUT2D eigenvalue weighted by molar-refractivity contribution is 5.87. The molecule has 0 unspecified atom stereocenters. The number of carboxylic acids is 1. The normalized spacial score (nSPS) is 10.5. The molecule has 6 heteroatoms. The minimum Gasteiger partial charge on any atom is -0.493 e. The van der Waals surface area contributed by atoms with Crippen molar-refractivity contribution in [2.75, 3.05) is 7.11 Å². The van der Waals surface area contributed by atoms with E-state index < -0.39 is 5.97 Å². The maximum atomic E-state index is 10.9. The molecule has 0 aliphatic rings. The van der Waals surface area contributed by atoms with E-state index in [4.69, 9.17) is 19.8 Å². The molecule has 0 aliphatic carbocycles. The maximum Gasteiger partial charge on any atom is 0.335 e. The van der Waals surface area contributed by atoms with Gasteiger partial charge >= 0.3 is 5.97 Å². The van der Waals surface area contributed by atoms with Gasteiger partial charge < -0.3 is 14.6 Å². The van der Waals surface area contributed by atoms with E-state index in [-0.39, 0.29) is 12.2 Å². The Balaban J connectivity index is 1.68. The van der Waals surface area contributed by atoms with Crippen LogP contribution in [0, 0.1) is 11.3 Å². The second-order valence-electron chi connectivity index (χ2n) is 6.12. The first-order valence-electron chi connectivity index (χ1n) is 8.76. The van der Waals surface area contributed by atoms with Gasteiger partial charge in [-0.3, -0.25) is 4.99 Å². The topological polar surface area (TPSA) is 91.9 Å². The molecule has 29 heavy (non-hydrogen) atoms. The summed E-state index contributed by atoms with van der Waals surface area (Å²) in [4.78, 5) is 15.3. The Morgan fingerprint density at radius 2 is 1.79 bits per heavy atom. The lowest BCUT2D eigenvalue weighted by Crippen LogP contribution is -2.00. The van der Waals surface area contributed by atoms with Crippen molar-refractivity contribution in [3.05, 3.63) is 89.0 Å². The van der Waals surface area contributed by atoms with Crippen molar-refractivity contribution in [3.8, 4) is 17.6 Å². The summed E-state index contributed by atoms with van der Waals surface area (Å²) in [5, 5.41) is 17.8. The molecule has 0 bridgehead atoms. The molecule has 0 fully saturated rings. The van der Waals surface area contributed by atoms with Gasteiger partial charge in [0.15, 0.2) is 11.5 Å². The summed E-state index contributed by atoms with van der Waals surface area (Å²) in [6.07, 6.45) is 1.71. The van der Waals surface area contributed by atoms with E-state index >= 15 is 0 Å². The number of carboxylic acid groups (broad SMARTS) is 1. The minimum absolute atomic E-state index is 0.234. The molecule has 6 nitrogen and oxygen atoms in total. The third-order valence-electron chi connectivity index (χ3n) is 4.14. The number of nitrogens with zero attached hydrogens (tertiary/aromatic N) is 2. The van der Waals surface area contributed by atoms with Gasteiger partial charge in [-0.2, -0.15) is 5.26 Å². The zero-order valence-electron chi connectivity index (χ0n) is 15.7. The number of ether oxygens (including phenoxy) is 2. The van der Waals surface area contributed by atoms with Gasteiger partial charge in [0, 0.05) is 6.21 Å². The number of methoxy groups -OCH3 is 1. The average Bonchev–Trinajstić information content (AvgIpc) is 2.77. The highest BCUT2D eigenvalue weighted by atomic mass is 16.5. The predicted molar refractivity (Wildman–Crippen MR) is 109 cm³/mol. The number of hydrogen-bond acceptors (Lipinski definition) is 5. The Bertz CT molecular complexity index is 1070. The number of nitriles is 1. The van der Waals surface area contributed by atoms with Gasteiger partial charge in [-0.1, -0.05) is 12.1 Å². The van der Waals surface area contributed by atoms with E-state index in [9.17, 15) is 4.79 Å². The molecule has 0 saturated heterocycles. The van der Waals surface area contributed by atoms with Gasteiger partial charge in [0.25, 0.3) is 0 Å². The van der Waals surface area contributed by atoms with Crippen LogP contribution in [0.4, 0.5) is 5.69 Å². The molecule has 0 amide bonds. The number of hydrogen-bond donors (Lipinski definition) is 1. The Morgan fingerprint density at radius 3 is 2.41 bits per heavy atom. The number of benzene rings is 3. The van der Waals surface area contributed by atoms with Crippen LogP contribution in [-0.4, -0.2) is 24.4 Å². The minimum atomic E-state index is -0.961. The smallest absolute Gasteiger partial charge is 0.335 e. The van der Waals surface area contributed by atoms with Gasteiger partial charge in [-0.25, -0.2) is 4.79 Å². The molecule has 0 spiro atoms. The molecular formula is C23H18N2O4. The summed E-state index contributed by atoms with van der Waals surface area (Å²) in [6.45, 7) is 0.287. The zero-order chi connectivity index (χ0) is 20.6. The first kappa shape index (κ1) is 19.6. The van der Waals surface area contributed by atoms with Gasteiger partial charge in [0.2, 0.25) is 0 Å². The van der Waals surface area contributed by atoms with E-state index in [1.165, 1.54) is 0 Å². The fraction of sp³-hybridized carbons (Fsp3) is 0.0870. The fourth-order valence-corrected chi connectivity index (χ4v) is 2.56. The number of aromatic carboxylic acids is 1. The molecular weight excluding hydrogens is 368 g/mol. The number of carbonyl (C=O) groups is 1. The molecule has 0 aliphatic heterocycles. The van der Waals surface area contributed by atoms with Crippen molar-refractivity contribution in [2.45, 2.75) is 6.61 Å². The molecule has 3 aromatic carbocycles. The largest absolute Gasteiger partial charge is 0.493 e. The SMILES string of the molecule is COc1cc(C=Nc2ccc(C#N)cc2)ccc1OCc1ccc(C(=O)O)cc1. The number of aliphatic imine (C=N–C) groups is 1. The molecule has 0 atom stereocenters. The van der Waals surface area contributed by atoms with Crippen LogP contribution >= 0.6 is 0 Å². The van der Waals surface area contributed by atoms with Crippen LogP contribution in [0.25, 0.3) is 0 Å². The van der Waals surface area contributed by atoms with Crippen LogP contribution in [0.15, 0.2) is 71.7 Å². The first-order chi connectivity index (χ1) is 14.1. The molecule has 3 rings (SSSR count). The standard InChI is InChI=1S/C23H18N2O4/c1-28-22-12-18(14-25-20-9-4-16(13-24)5-10-20)6-11-21(22)29-15-17-2-7-19(8-3-17)23(26)27/h2-12,14H,15H2,1H3,(H,26,27). The van der Waals surface area contributed by atoms with Crippen molar-refractivity contribution in [2.24, 2.45) is 4.99 Å². The second kappa shape index (κ2) is 9.20. The second-order valence-corrected chi connectivity index (χ2v) is 6.12. The average molecular weight is 386 g/mol. The van der Waals surface area contributed by atoms with Crippen LogP contribution in [0.1, 0.15) is 27.0 Å². The Hall–Kier alpha value is -4.11. The van der Waals surface area contributed by atoms with Crippen molar-refractivity contribution in [3.63, 3.8) is 0 Å². The molecule has 0 saturated carbocycles. The third kappa shape index (κ3) is 5.21. The lowest BCUT2D eigenvalue weighted by molar-refractivity contribution is 0.0697. The predicted octanol–water partition coefficient (Wildman–Crippen LogP) is 4.59. The monoisotopic (exact) mass is 386 g/mol. The Kier molecular flexibility index (Phi) is 6.23. The van der Waals surface area contributed by atoms with E-state index in [0.717, 1.165) is 16.8 Å². The summed E-state index contributed by atoms with van der Waals surface area (Å²) < 4.78 is 11.2. The van der Waals surface area contributed by atoms with Crippen LogP contribution < -0.4 is 9.47 Å². The molecule has 144 valence electrons. The van der Waals surface area contributed by atoms with Gasteiger partial charge in [-0.05, 0) is 65.7 Å². The maximum absolute atomic E-state index is 10.9. The molecule has 3 aromatic rings. The van der Waals surface area contributed by atoms with E-state index in [1.54, 1.807) is 67.9 Å². The van der Waals surface area contributed by atoms with Crippen LogP contribution in [0.5, 0.6) is 11.5 Å². The summed E-state index contributed by atoms with van der Waals surface area (Å²) in [5.74, 6) is 0.179. The first-order valence-corrected chi connectivity index (χ1v) is 8.76. The van der Waals surface area contributed by atoms with Crippen LogP contribution in [0.2, 0.25) is 0 Å². The summed E-state index contributed by atoms with van der Waals surface area (Å²) in [6, 6.07) is 21.0. The van der Waals surface area contributed by atoms with E-state index in [2.05, 4.69) is 11.1 Å². The van der Waals surface area contributed by atoms with Crippen molar-refractivity contribution in [1.82, 2.24) is 0 Å². The lowest BCUT2D eigenvalue weighted by Gasteiger charge is -2.11. The van der Waals surface area contributed by atoms with Gasteiger partial charge in [0.05, 0.1) is 30.0 Å². The Morgan fingerprint density at radius 1 is 1.07 bits per heavy atom. The van der Waals surface area contributed by atoms with Crippen molar-refractivity contribution < 1.29 is 19.4 Å². The van der Waals surface area contributed by atoms with E-state index in [1.807, 2.05) is 12.1 Å². The Labute approximate surface area is 168 Å². The molecule has 0 radical (unpaired) electrons. The van der Waals surface area contributed by atoms with Crippen LogP contribution in [0.3, 0.4) is 0 Å². The lowest BCUT2D eigenvalue weighted by atomic mass is 10.1.